The van der Waals surface area contributed by atoms with Crippen LogP contribution in [0, 0.1) is 5.92 Å². The van der Waals surface area contributed by atoms with E-state index in [1.54, 1.807) is 4.68 Å². The summed E-state index contributed by atoms with van der Waals surface area (Å²) in [6.45, 7) is 2.40. The molecule has 1 aliphatic rings. The highest BCUT2D eigenvalue weighted by atomic mass is 32.1. The topological polar surface area (TPSA) is 88.3 Å². The minimum Gasteiger partial charge on any atom is -0.480 e. The fourth-order valence-electron chi connectivity index (χ4n) is 3.46. The summed E-state index contributed by atoms with van der Waals surface area (Å²) in [5, 5.41) is 16.0. The predicted octanol–water partition coefficient (Wildman–Crippen LogP) is 3.32. The van der Waals surface area contributed by atoms with Crippen LogP contribution in [0.3, 0.4) is 0 Å². The normalized spacial score (nSPS) is 19.5. The van der Waals surface area contributed by atoms with Crippen molar-refractivity contribution in [3.05, 3.63) is 53.7 Å². The molecule has 4 rings (SSSR count). The van der Waals surface area contributed by atoms with Crippen molar-refractivity contribution in [3.8, 4) is 16.4 Å². The van der Waals surface area contributed by atoms with E-state index in [-0.39, 0.29) is 11.7 Å². The van der Waals surface area contributed by atoms with Gasteiger partial charge in [0.15, 0.2) is 5.82 Å². The predicted molar refractivity (Wildman–Crippen MR) is 106 cm³/mol. The fourth-order valence-corrected chi connectivity index (χ4v) is 4.16. The number of amides is 1. The van der Waals surface area contributed by atoms with Gasteiger partial charge in [-0.3, -0.25) is 4.79 Å². The van der Waals surface area contributed by atoms with E-state index in [4.69, 9.17) is 0 Å². The van der Waals surface area contributed by atoms with Gasteiger partial charge in [-0.15, -0.1) is 16.4 Å². The number of hydrogen-bond donors (Lipinski definition) is 1. The van der Waals surface area contributed by atoms with Gasteiger partial charge in [0.25, 0.3) is 5.91 Å². The van der Waals surface area contributed by atoms with Gasteiger partial charge in [-0.2, -0.15) is 0 Å². The van der Waals surface area contributed by atoms with Crippen molar-refractivity contribution in [3.63, 3.8) is 0 Å². The van der Waals surface area contributed by atoms with Crippen LogP contribution in [0.5, 0.6) is 0 Å². The van der Waals surface area contributed by atoms with Gasteiger partial charge >= 0.3 is 5.97 Å². The Labute approximate surface area is 166 Å². The first-order valence-electron chi connectivity index (χ1n) is 9.14. The number of piperidine rings is 1. The zero-order valence-electron chi connectivity index (χ0n) is 15.4. The van der Waals surface area contributed by atoms with Crippen molar-refractivity contribution >= 4 is 23.2 Å². The van der Waals surface area contributed by atoms with Crippen LogP contribution in [0.4, 0.5) is 0 Å². The molecule has 144 valence electrons. The third kappa shape index (κ3) is 3.43. The lowest BCUT2D eigenvalue weighted by Gasteiger charge is -2.35. The number of carboxylic acids is 1. The molecule has 2 atom stereocenters. The van der Waals surface area contributed by atoms with Crippen molar-refractivity contribution in [2.75, 3.05) is 6.54 Å². The van der Waals surface area contributed by atoms with E-state index in [1.807, 2.05) is 54.8 Å². The maximum absolute atomic E-state index is 13.1. The second kappa shape index (κ2) is 7.55. The summed E-state index contributed by atoms with van der Waals surface area (Å²) in [4.78, 5) is 31.6. The van der Waals surface area contributed by atoms with Gasteiger partial charge in [0, 0.05) is 6.54 Å². The number of hydrogen-bond acceptors (Lipinski definition) is 5. The zero-order valence-corrected chi connectivity index (χ0v) is 16.2. The lowest BCUT2D eigenvalue weighted by Crippen LogP contribution is -2.50. The summed E-state index contributed by atoms with van der Waals surface area (Å²) < 4.78 is 1.64. The van der Waals surface area contributed by atoms with E-state index in [9.17, 15) is 14.7 Å². The number of carboxylic acid groups (broad SMARTS) is 1. The molecule has 1 aromatic carbocycles. The average molecular weight is 396 g/mol. The average Bonchev–Trinajstić information content (AvgIpc) is 3.37. The first-order chi connectivity index (χ1) is 13.5. The minimum absolute atomic E-state index is 0.0213. The second-order valence-electron chi connectivity index (χ2n) is 6.97. The maximum Gasteiger partial charge on any atom is 0.326 e. The van der Waals surface area contributed by atoms with E-state index < -0.39 is 17.9 Å². The molecule has 8 heteroatoms. The molecule has 1 fully saturated rings. The lowest BCUT2D eigenvalue weighted by molar-refractivity contribution is -0.144. The Kier molecular flexibility index (Phi) is 4.95. The first kappa shape index (κ1) is 18.4. The Hall–Kier alpha value is -3.00. The molecular formula is C20H20N4O3S. The van der Waals surface area contributed by atoms with E-state index in [2.05, 4.69) is 10.1 Å². The second-order valence-corrected chi connectivity index (χ2v) is 7.91. The summed E-state index contributed by atoms with van der Waals surface area (Å²) >= 11 is 1.51. The molecule has 1 N–H and O–H groups in total. The molecule has 3 aromatic rings. The van der Waals surface area contributed by atoms with Crippen LogP contribution in [-0.4, -0.2) is 49.2 Å². The quantitative estimate of drug-likeness (QED) is 0.731. The molecule has 1 aliphatic heterocycles. The Balaban J connectivity index is 1.74. The highest BCUT2D eigenvalue weighted by Crippen LogP contribution is 2.28. The van der Waals surface area contributed by atoms with E-state index in [0.717, 1.165) is 17.0 Å². The number of carbonyl (C=O) groups is 2. The Morgan fingerprint density at radius 2 is 1.96 bits per heavy atom. The third-order valence-corrected chi connectivity index (χ3v) is 5.82. The number of nitrogens with zero attached hydrogens (tertiary/aromatic N) is 4. The summed E-state index contributed by atoms with van der Waals surface area (Å²) in [6.07, 6.45) is 1.21. The van der Waals surface area contributed by atoms with Gasteiger partial charge in [-0.25, -0.2) is 14.5 Å². The lowest BCUT2D eigenvalue weighted by atomic mass is 9.92. The van der Waals surface area contributed by atoms with Crippen LogP contribution in [0.25, 0.3) is 16.4 Å². The zero-order chi connectivity index (χ0) is 19.7. The number of benzene rings is 1. The first-order valence-corrected chi connectivity index (χ1v) is 10.0. The standard InChI is InChI=1S/C20H20N4O3S/c1-13-9-10-23(15(12-13)20(26)27)19(25)17-21-18(16-8-5-11-28-16)24(22-17)14-6-3-2-4-7-14/h2-8,11,13,15H,9-10,12H2,1H3,(H,26,27). The summed E-state index contributed by atoms with van der Waals surface area (Å²) in [6, 6.07) is 12.5. The number of rotatable bonds is 4. The number of likely N-dealkylation sites (tertiary alicyclic amines) is 1. The Morgan fingerprint density at radius 3 is 2.64 bits per heavy atom. The van der Waals surface area contributed by atoms with Crippen molar-refractivity contribution in [1.29, 1.82) is 0 Å². The van der Waals surface area contributed by atoms with Crippen LogP contribution in [0.1, 0.15) is 30.4 Å². The summed E-state index contributed by atoms with van der Waals surface area (Å²) in [7, 11) is 0. The molecule has 0 radical (unpaired) electrons. The van der Waals surface area contributed by atoms with Gasteiger partial charge in [0.2, 0.25) is 5.82 Å². The minimum atomic E-state index is -0.985. The molecule has 3 heterocycles. The van der Waals surface area contributed by atoms with Crippen LogP contribution in [0.2, 0.25) is 0 Å². The number of para-hydroxylation sites is 1. The number of carbonyl (C=O) groups excluding carboxylic acids is 1. The van der Waals surface area contributed by atoms with Crippen LogP contribution < -0.4 is 0 Å². The van der Waals surface area contributed by atoms with Gasteiger partial charge in [-0.05, 0) is 42.3 Å². The number of aromatic nitrogens is 3. The van der Waals surface area contributed by atoms with E-state index in [1.165, 1.54) is 16.2 Å². The van der Waals surface area contributed by atoms with Gasteiger partial charge < -0.3 is 10.0 Å². The van der Waals surface area contributed by atoms with Gasteiger partial charge in [0.05, 0.1) is 10.6 Å². The largest absolute Gasteiger partial charge is 0.480 e. The molecule has 0 bridgehead atoms. The van der Waals surface area contributed by atoms with E-state index in [0.29, 0.717) is 18.8 Å². The SMILES string of the molecule is CC1CCN(C(=O)c2nc(-c3cccs3)n(-c3ccccc3)n2)C(C(=O)O)C1. The molecule has 2 aromatic heterocycles. The van der Waals surface area contributed by atoms with Gasteiger partial charge in [-0.1, -0.05) is 31.2 Å². The van der Waals surface area contributed by atoms with Crippen molar-refractivity contribution in [2.45, 2.75) is 25.8 Å². The highest BCUT2D eigenvalue weighted by molar-refractivity contribution is 7.13. The molecule has 0 spiro atoms. The van der Waals surface area contributed by atoms with Gasteiger partial charge in [0.1, 0.15) is 6.04 Å². The van der Waals surface area contributed by atoms with Crippen molar-refractivity contribution in [2.24, 2.45) is 5.92 Å². The van der Waals surface area contributed by atoms with E-state index >= 15 is 0 Å². The Morgan fingerprint density at radius 1 is 1.18 bits per heavy atom. The van der Waals surface area contributed by atoms with Crippen LogP contribution in [0.15, 0.2) is 47.8 Å². The van der Waals surface area contributed by atoms with Crippen LogP contribution in [-0.2, 0) is 4.79 Å². The molecule has 1 saturated heterocycles. The fraction of sp³-hybridized carbons (Fsp3) is 0.300. The molecule has 7 nitrogen and oxygen atoms in total. The summed E-state index contributed by atoms with van der Waals surface area (Å²) in [5.74, 6) is -0.566. The Bertz CT molecular complexity index is 984. The number of thiophene rings is 1. The third-order valence-electron chi connectivity index (χ3n) is 4.95. The summed E-state index contributed by atoms with van der Waals surface area (Å²) in [5.41, 5.74) is 0.791. The molecule has 2 unspecified atom stereocenters. The molecule has 0 saturated carbocycles. The van der Waals surface area contributed by atoms with Crippen molar-refractivity contribution < 1.29 is 14.7 Å². The molecule has 1 amide bonds. The van der Waals surface area contributed by atoms with Crippen LogP contribution >= 0.6 is 11.3 Å². The highest BCUT2D eigenvalue weighted by Gasteiger charge is 2.37. The molecule has 28 heavy (non-hydrogen) atoms. The monoisotopic (exact) mass is 396 g/mol. The molecule has 0 aliphatic carbocycles. The number of aliphatic carboxylic acids is 1. The maximum atomic E-state index is 13.1. The van der Waals surface area contributed by atoms with Crippen molar-refractivity contribution in [1.82, 2.24) is 19.7 Å². The smallest absolute Gasteiger partial charge is 0.326 e. The molecular weight excluding hydrogens is 376 g/mol.